The first-order chi connectivity index (χ1) is 10.6. The first-order valence-electron chi connectivity index (χ1n) is 6.72. The van der Waals surface area contributed by atoms with Gasteiger partial charge in [-0.1, -0.05) is 41.1 Å². The topological polar surface area (TPSA) is 42.1 Å². The maximum atomic E-state index is 12.0. The van der Waals surface area contributed by atoms with Crippen LogP contribution in [0.2, 0.25) is 5.02 Å². The number of H-pyrrole nitrogens is 1. The molecule has 0 aliphatic heterocycles. The number of methoxy groups -OCH3 is 1. The molecule has 0 unspecified atom stereocenters. The zero-order valence-electron chi connectivity index (χ0n) is 12.1. The maximum Gasteiger partial charge on any atom is 0.355 e. The molecule has 1 heterocycles. The minimum atomic E-state index is -0.387. The van der Waals surface area contributed by atoms with Crippen LogP contribution in [-0.2, 0) is 4.74 Å². The Morgan fingerprint density at radius 2 is 1.91 bits per heavy atom. The number of aromatic nitrogens is 1. The van der Waals surface area contributed by atoms with Gasteiger partial charge < -0.3 is 9.72 Å². The summed E-state index contributed by atoms with van der Waals surface area (Å²) >= 11 is 7.62. The van der Waals surface area contributed by atoms with Crippen molar-refractivity contribution in [2.24, 2.45) is 0 Å². The second kappa shape index (κ2) is 6.07. The van der Waals surface area contributed by atoms with Crippen molar-refractivity contribution in [3.05, 3.63) is 58.7 Å². The molecular weight excluding hydrogens is 318 g/mol. The van der Waals surface area contributed by atoms with E-state index < -0.39 is 0 Å². The summed E-state index contributed by atoms with van der Waals surface area (Å²) in [4.78, 5) is 17.0. The summed E-state index contributed by atoms with van der Waals surface area (Å²) in [5, 5.41) is 1.55. The number of aryl methyl sites for hydroxylation is 1. The molecule has 3 aromatic rings. The van der Waals surface area contributed by atoms with E-state index in [-0.39, 0.29) is 5.97 Å². The van der Waals surface area contributed by atoms with Gasteiger partial charge in [-0.3, -0.25) is 0 Å². The molecule has 0 aliphatic carbocycles. The van der Waals surface area contributed by atoms with Crippen molar-refractivity contribution in [1.29, 1.82) is 0 Å². The van der Waals surface area contributed by atoms with Crippen LogP contribution in [0.25, 0.3) is 10.9 Å². The number of rotatable bonds is 3. The number of hydrogen-bond acceptors (Lipinski definition) is 3. The number of nitrogens with one attached hydrogen (secondary N) is 1. The average Bonchev–Trinajstić information content (AvgIpc) is 2.87. The fourth-order valence-electron chi connectivity index (χ4n) is 2.22. The fraction of sp³-hybridized carbons (Fsp3) is 0.118. The third-order valence-corrected chi connectivity index (χ3v) is 4.71. The Kier molecular flexibility index (Phi) is 4.14. The monoisotopic (exact) mass is 331 g/mol. The van der Waals surface area contributed by atoms with E-state index in [0.717, 1.165) is 20.7 Å². The highest BCUT2D eigenvalue weighted by Gasteiger charge is 2.19. The van der Waals surface area contributed by atoms with Crippen LogP contribution in [0.5, 0.6) is 0 Å². The van der Waals surface area contributed by atoms with Gasteiger partial charge in [0.25, 0.3) is 0 Å². The molecule has 0 saturated heterocycles. The number of aromatic amines is 1. The lowest BCUT2D eigenvalue weighted by atomic mass is 10.2. The highest BCUT2D eigenvalue weighted by Crippen LogP contribution is 2.38. The van der Waals surface area contributed by atoms with E-state index >= 15 is 0 Å². The molecule has 0 radical (unpaired) electrons. The van der Waals surface area contributed by atoms with Crippen molar-refractivity contribution in [3.63, 3.8) is 0 Å². The second-order valence-corrected chi connectivity index (χ2v) is 6.45. The molecule has 0 atom stereocenters. The largest absolute Gasteiger partial charge is 0.464 e. The number of carbonyl (C=O) groups is 1. The van der Waals surface area contributed by atoms with Crippen LogP contribution in [0.4, 0.5) is 0 Å². The van der Waals surface area contributed by atoms with E-state index in [9.17, 15) is 4.79 Å². The molecule has 3 rings (SSSR count). The molecule has 0 saturated carbocycles. The number of esters is 1. The summed E-state index contributed by atoms with van der Waals surface area (Å²) in [5.74, 6) is -0.387. The molecule has 1 N–H and O–H groups in total. The van der Waals surface area contributed by atoms with E-state index in [2.05, 4.69) is 4.98 Å². The van der Waals surface area contributed by atoms with Gasteiger partial charge >= 0.3 is 5.97 Å². The number of fused-ring (bicyclic) bond motifs is 1. The summed E-state index contributed by atoms with van der Waals surface area (Å²) in [6.45, 7) is 2.04. The van der Waals surface area contributed by atoms with Gasteiger partial charge in [0.2, 0.25) is 0 Å². The molecule has 2 aromatic carbocycles. The Hall–Kier alpha value is -1.91. The van der Waals surface area contributed by atoms with Crippen molar-refractivity contribution >= 4 is 40.2 Å². The van der Waals surface area contributed by atoms with Crippen LogP contribution < -0.4 is 0 Å². The zero-order valence-corrected chi connectivity index (χ0v) is 13.7. The normalized spacial score (nSPS) is 10.9. The summed E-state index contributed by atoms with van der Waals surface area (Å²) in [7, 11) is 1.38. The van der Waals surface area contributed by atoms with Gasteiger partial charge in [-0.05, 0) is 37.3 Å². The van der Waals surface area contributed by atoms with Gasteiger partial charge in [-0.25, -0.2) is 4.79 Å². The lowest BCUT2D eigenvalue weighted by molar-refractivity contribution is 0.0591. The quantitative estimate of drug-likeness (QED) is 0.681. The van der Waals surface area contributed by atoms with Crippen LogP contribution in [0.1, 0.15) is 16.1 Å². The lowest BCUT2D eigenvalue weighted by Gasteiger charge is -2.04. The molecular formula is C17H14ClNO2S. The Bertz CT molecular complexity index is 840. The number of carbonyl (C=O) groups excluding carboxylic acids is 1. The first kappa shape index (κ1) is 15.0. The van der Waals surface area contributed by atoms with E-state index in [0.29, 0.717) is 10.7 Å². The van der Waals surface area contributed by atoms with Crippen LogP contribution in [0.15, 0.2) is 52.3 Å². The molecule has 3 nitrogen and oxygen atoms in total. The van der Waals surface area contributed by atoms with E-state index in [1.54, 1.807) is 6.07 Å². The number of hydrogen-bond donors (Lipinski definition) is 1. The Labute approximate surface area is 137 Å². The molecule has 22 heavy (non-hydrogen) atoms. The summed E-state index contributed by atoms with van der Waals surface area (Å²) in [6.07, 6.45) is 0. The molecule has 0 amide bonds. The average molecular weight is 332 g/mol. The van der Waals surface area contributed by atoms with Gasteiger partial charge in [-0.15, -0.1) is 0 Å². The highest BCUT2D eigenvalue weighted by molar-refractivity contribution is 7.99. The third-order valence-electron chi connectivity index (χ3n) is 3.34. The second-order valence-electron chi connectivity index (χ2n) is 4.93. The smallest absolute Gasteiger partial charge is 0.355 e. The van der Waals surface area contributed by atoms with Gasteiger partial charge in [0, 0.05) is 20.8 Å². The van der Waals surface area contributed by atoms with Gasteiger partial charge in [0.05, 0.1) is 12.0 Å². The van der Waals surface area contributed by atoms with Crippen molar-refractivity contribution in [1.82, 2.24) is 4.98 Å². The fourth-order valence-corrected chi connectivity index (χ4v) is 3.41. The first-order valence-corrected chi connectivity index (χ1v) is 7.92. The standard InChI is InChI=1S/C17H14ClNO2S/c1-10-3-6-12(7-4-10)22-16-13-9-11(18)5-8-14(13)19-15(16)17(20)21-2/h3-9,19H,1-2H3. The van der Waals surface area contributed by atoms with Crippen molar-refractivity contribution in [2.45, 2.75) is 16.7 Å². The predicted molar refractivity (Wildman–Crippen MR) is 90.0 cm³/mol. The summed E-state index contributed by atoms with van der Waals surface area (Å²) < 4.78 is 4.88. The summed E-state index contributed by atoms with van der Waals surface area (Å²) in [5.41, 5.74) is 2.50. The molecule has 5 heteroatoms. The minimum absolute atomic E-state index is 0.387. The minimum Gasteiger partial charge on any atom is -0.464 e. The number of ether oxygens (including phenoxy) is 1. The van der Waals surface area contributed by atoms with Crippen molar-refractivity contribution < 1.29 is 9.53 Å². The highest BCUT2D eigenvalue weighted by atomic mass is 35.5. The number of halogens is 1. The molecule has 0 aliphatic rings. The van der Waals surface area contributed by atoms with E-state index in [1.165, 1.54) is 24.4 Å². The third kappa shape index (κ3) is 2.85. The number of benzene rings is 2. The Balaban J connectivity index is 2.13. The molecule has 0 spiro atoms. The van der Waals surface area contributed by atoms with E-state index in [1.807, 2.05) is 43.3 Å². The van der Waals surface area contributed by atoms with Gasteiger partial charge in [-0.2, -0.15) is 0 Å². The van der Waals surface area contributed by atoms with Crippen LogP contribution >= 0.6 is 23.4 Å². The van der Waals surface area contributed by atoms with Crippen LogP contribution in [-0.4, -0.2) is 18.1 Å². The Morgan fingerprint density at radius 1 is 1.18 bits per heavy atom. The maximum absolute atomic E-state index is 12.0. The van der Waals surface area contributed by atoms with E-state index in [4.69, 9.17) is 16.3 Å². The molecule has 0 bridgehead atoms. The molecule has 0 fully saturated rings. The van der Waals surface area contributed by atoms with Crippen LogP contribution in [0.3, 0.4) is 0 Å². The molecule has 112 valence electrons. The van der Waals surface area contributed by atoms with Crippen LogP contribution in [0, 0.1) is 6.92 Å². The zero-order chi connectivity index (χ0) is 15.7. The summed E-state index contributed by atoms with van der Waals surface area (Å²) in [6, 6.07) is 13.7. The lowest BCUT2D eigenvalue weighted by Crippen LogP contribution is -2.02. The van der Waals surface area contributed by atoms with Gasteiger partial charge in [0.1, 0.15) is 5.69 Å². The predicted octanol–water partition coefficient (Wildman–Crippen LogP) is 5.07. The van der Waals surface area contributed by atoms with Crippen molar-refractivity contribution in [3.8, 4) is 0 Å². The van der Waals surface area contributed by atoms with Crippen molar-refractivity contribution in [2.75, 3.05) is 7.11 Å². The Morgan fingerprint density at radius 3 is 2.59 bits per heavy atom. The molecule has 1 aromatic heterocycles. The van der Waals surface area contributed by atoms with Gasteiger partial charge in [0.15, 0.2) is 0 Å². The SMILES string of the molecule is COC(=O)c1[nH]c2ccc(Cl)cc2c1Sc1ccc(C)cc1.